The lowest BCUT2D eigenvalue weighted by Crippen LogP contribution is -2.21. The molecule has 1 N–H and O–H groups in total. The van der Waals surface area contributed by atoms with E-state index in [1.165, 1.54) is 37.4 Å². The Kier molecular flexibility index (Phi) is 6.58. The summed E-state index contributed by atoms with van der Waals surface area (Å²) >= 11 is 5.88. The van der Waals surface area contributed by atoms with Gasteiger partial charge in [0.15, 0.2) is 18.1 Å². The molecular formula is C19H17ClN2O8. The van der Waals surface area contributed by atoms with Gasteiger partial charge in [0.05, 0.1) is 31.3 Å². The monoisotopic (exact) mass is 436 g/mol. The Morgan fingerprint density at radius 3 is 2.57 bits per heavy atom. The molecule has 0 spiro atoms. The summed E-state index contributed by atoms with van der Waals surface area (Å²) in [6.07, 6.45) is 0.618. The number of nitrogens with zero attached hydrogens (tertiary/aromatic N) is 1. The summed E-state index contributed by atoms with van der Waals surface area (Å²) in [7, 11) is 1.37. The first-order valence-corrected chi connectivity index (χ1v) is 9.15. The maximum absolute atomic E-state index is 12.3. The predicted molar refractivity (Wildman–Crippen MR) is 106 cm³/mol. The topological polar surface area (TPSA) is 126 Å². The summed E-state index contributed by atoms with van der Waals surface area (Å²) in [6, 6.07) is 6.85. The van der Waals surface area contributed by atoms with Gasteiger partial charge in [-0.1, -0.05) is 11.6 Å². The van der Waals surface area contributed by atoms with Gasteiger partial charge < -0.3 is 24.3 Å². The van der Waals surface area contributed by atoms with Crippen molar-refractivity contribution in [2.75, 3.05) is 32.2 Å². The third-order valence-corrected chi connectivity index (χ3v) is 4.29. The highest BCUT2D eigenvalue weighted by Gasteiger charge is 2.23. The highest BCUT2D eigenvalue weighted by molar-refractivity contribution is 6.31. The van der Waals surface area contributed by atoms with E-state index >= 15 is 0 Å². The van der Waals surface area contributed by atoms with E-state index in [2.05, 4.69) is 5.32 Å². The smallest absolute Gasteiger partial charge is 0.342 e. The van der Waals surface area contributed by atoms with Crippen molar-refractivity contribution in [3.8, 4) is 17.2 Å². The second kappa shape index (κ2) is 9.31. The minimum Gasteiger partial charge on any atom is -0.496 e. The molecule has 10 nitrogen and oxygen atoms in total. The zero-order valence-electron chi connectivity index (χ0n) is 15.8. The van der Waals surface area contributed by atoms with Crippen molar-refractivity contribution in [1.29, 1.82) is 0 Å². The van der Waals surface area contributed by atoms with Crippen molar-refractivity contribution in [2.24, 2.45) is 0 Å². The minimum absolute atomic E-state index is 0.0411. The molecule has 0 radical (unpaired) electrons. The van der Waals surface area contributed by atoms with Crippen LogP contribution in [-0.2, 0) is 9.53 Å². The van der Waals surface area contributed by atoms with Crippen LogP contribution in [0.25, 0.3) is 0 Å². The molecular weight excluding hydrogens is 420 g/mol. The Morgan fingerprint density at radius 2 is 1.90 bits per heavy atom. The number of carbonyl (C=O) groups excluding carboxylic acids is 2. The number of nitro benzene ring substituents is 1. The van der Waals surface area contributed by atoms with Crippen molar-refractivity contribution in [2.45, 2.75) is 6.42 Å². The summed E-state index contributed by atoms with van der Waals surface area (Å²) in [5.41, 5.74) is -0.444. The lowest BCUT2D eigenvalue weighted by Gasteiger charge is -2.12. The molecule has 2 aromatic rings. The Morgan fingerprint density at radius 1 is 1.20 bits per heavy atom. The van der Waals surface area contributed by atoms with Crippen LogP contribution in [0.1, 0.15) is 16.8 Å². The van der Waals surface area contributed by atoms with E-state index in [4.69, 9.17) is 30.5 Å². The molecule has 0 aliphatic carbocycles. The molecule has 1 aliphatic heterocycles. The average molecular weight is 437 g/mol. The van der Waals surface area contributed by atoms with Crippen molar-refractivity contribution < 1.29 is 33.5 Å². The molecule has 30 heavy (non-hydrogen) atoms. The lowest BCUT2D eigenvalue weighted by molar-refractivity contribution is -0.384. The van der Waals surface area contributed by atoms with Crippen molar-refractivity contribution in [3.63, 3.8) is 0 Å². The van der Waals surface area contributed by atoms with Crippen LogP contribution in [0.15, 0.2) is 30.3 Å². The van der Waals surface area contributed by atoms with E-state index in [1.807, 2.05) is 0 Å². The highest BCUT2D eigenvalue weighted by atomic mass is 35.5. The van der Waals surface area contributed by atoms with Gasteiger partial charge in [-0.25, -0.2) is 4.79 Å². The number of halogens is 1. The number of anilines is 1. The third kappa shape index (κ3) is 4.90. The fourth-order valence-corrected chi connectivity index (χ4v) is 2.86. The average Bonchev–Trinajstić information content (AvgIpc) is 2.96. The Hall–Kier alpha value is -3.53. The summed E-state index contributed by atoms with van der Waals surface area (Å²) in [5, 5.41) is 14.0. The van der Waals surface area contributed by atoms with E-state index < -0.39 is 23.4 Å². The number of rotatable bonds is 6. The minimum atomic E-state index is -0.835. The zero-order chi connectivity index (χ0) is 21.7. The lowest BCUT2D eigenvalue weighted by atomic mass is 10.2. The van der Waals surface area contributed by atoms with Crippen LogP contribution in [0.3, 0.4) is 0 Å². The Balaban J connectivity index is 1.72. The van der Waals surface area contributed by atoms with Gasteiger partial charge in [0.25, 0.3) is 11.6 Å². The quantitative estimate of drug-likeness (QED) is 0.415. The normalized spacial score (nSPS) is 12.5. The molecule has 11 heteroatoms. The SMILES string of the molecule is COc1ccc(Cl)cc1C(=O)OCC(=O)Nc1cc2c(cc1[N+](=O)[O-])OCCCO2. The van der Waals surface area contributed by atoms with E-state index in [-0.39, 0.29) is 39.2 Å². The largest absolute Gasteiger partial charge is 0.496 e. The Bertz CT molecular complexity index is 995. The molecule has 0 bridgehead atoms. The number of fused-ring (bicyclic) bond motifs is 1. The number of hydrogen-bond acceptors (Lipinski definition) is 8. The first kappa shape index (κ1) is 21.2. The van der Waals surface area contributed by atoms with Gasteiger partial charge in [-0.15, -0.1) is 0 Å². The van der Waals surface area contributed by atoms with Crippen LogP contribution >= 0.6 is 11.6 Å². The molecule has 0 saturated carbocycles. The van der Waals surface area contributed by atoms with E-state index in [1.54, 1.807) is 0 Å². The first-order chi connectivity index (χ1) is 14.4. The van der Waals surface area contributed by atoms with Crippen molar-refractivity contribution in [1.82, 2.24) is 0 Å². The van der Waals surface area contributed by atoms with Gasteiger partial charge >= 0.3 is 5.97 Å². The molecule has 1 heterocycles. The number of ether oxygens (including phenoxy) is 4. The van der Waals surface area contributed by atoms with Gasteiger partial charge in [-0.2, -0.15) is 0 Å². The molecule has 0 unspecified atom stereocenters. The van der Waals surface area contributed by atoms with Crippen LogP contribution in [0, 0.1) is 10.1 Å². The second-order valence-corrected chi connectivity index (χ2v) is 6.53. The highest BCUT2D eigenvalue weighted by Crippen LogP contribution is 2.39. The second-order valence-electron chi connectivity index (χ2n) is 6.09. The van der Waals surface area contributed by atoms with Crippen LogP contribution in [-0.4, -0.2) is 43.7 Å². The molecule has 0 aromatic heterocycles. The number of carbonyl (C=O) groups is 2. The maximum atomic E-state index is 12.3. The summed E-state index contributed by atoms with van der Waals surface area (Å²) < 4.78 is 21.0. The van der Waals surface area contributed by atoms with Gasteiger partial charge in [0.2, 0.25) is 0 Å². The zero-order valence-corrected chi connectivity index (χ0v) is 16.6. The van der Waals surface area contributed by atoms with Gasteiger partial charge in [0, 0.05) is 17.5 Å². The number of nitrogens with one attached hydrogen (secondary N) is 1. The van der Waals surface area contributed by atoms with Crippen LogP contribution in [0.5, 0.6) is 17.2 Å². The number of amides is 1. The maximum Gasteiger partial charge on any atom is 0.342 e. The fourth-order valence-electron chi connectivity index (χ4n) is 2.68. The number of nitro groups is 1. The third-order valence-electron chi connectivity index (χ3n) is 4.05. The fraction of sp³-hybridized carbons (Fsp3) is 0.263. The molecule has 3 rings (SSSR count). The van der Waals surface area contributed by atoms with Crippen molar-refractivity contribution >= 4 is 34.9 Å². The summed E-state index contributed by atoms with van der Waals surface area (Å²) in [4.78, 5) is 35.2. The Labute approximate surface area is 175 Å². The summed E-state index contributed by atoms with van der Waals surface area (Å²) in [5.74, 6) is -0.895. The summed E-state index contributed by atoms with van der Waals surface area (Å²) in [6.45, 7) is 0.0517. The number of esters is 1. The van der Waals surface area contributed by atoms with E-state index in [0.29, 0.717) is 19.6 Å². The molecule has 0 atom stereocenters. The number of hydrogen-bond donors (Lipinski definition) is 1. The molecule has 0 saturated heterocycles. The molecule has 1 aliphatic rings. The number of methoxy groups -OCH3 is 1. The van der Waals surface area contributed by atoms with E-state index in [0.717, 1.165) is 0 Å². The molecule has 2 aromatic carbocycles. The molecule has 158 valence electrons. The van der Waals surface area contributed by atoms with Crippen LogP contribution in [0.4, 0.5) is 11.4 Å². The van der Waals surface area contributed by atoms with Crippen LogP contribution in [0.2, 0.25) is 5.02 Å². The van der Waals surface area contributed by atoms with Crippen LogP contribution < -0.4 is 19.5 Å². The first-order valence-electron chi connectivity index (χ1n) is 8.77. The van der Waals surface area contributed by atoms with Crippen molar-refractivity contribution in [3.05, 3.63) is 51.0 Å². The van der Waals surface area contributed by atoms with Gasteiger partial charge in [-0.3, -0.25) is 14.9 Å². The standard InChI is InChI=1S/C19H17ClN2O8/c1-27-15-4-3-11(20)7-12(15)19(24)30-10-18(23)21-13-8-16-17(9-14(13)22(25)26)29-6-2-5-28-16/h3-4,7-9H,2,5-6,10H2,1H3,(H,21,23). The van der Waals surface area contributed by atoms with Gasteiger partial charge in [0.1, 0.15) is 17.0 Å². The number of benzene rings is 2. The molecule has 0 fully saturated rings. The predicted octanol–water partition coefficient (Wildman–Crippen LogP) is 3.21. The van der Waals surface area contributed by atoms with E-state index in [9.17, 15) is 19.7 Å². The molecule has 1 amide bonds. The van der Waals surface area contributed by atoms with Gasteiger partial charge in [-0.05, 0) is 18.2 Å².